The second kappa shape index (κ2) is 8.02. The van der Waals surface area contributed by atoms with Crippen LogP contribution in [0.1, 0.15) is 24.2 Å². The van der Waals surface area contributed by atoms with Crippen molar-refractivity contribution in [3.8, 4) is 22.5 Å². The third-order valence-corrected chi connectivity index (χ3v) is 6.14. The van der Waals surface area contributed by atoms with Gasteiger partial charge in [0.05, 0.1) is 5.41 Å². The molecule has 7 heteroatoms. The second-order valence-electron chi connectivity index (χ2n) is 7.94. The zero-order valence-electron chi connectivity index (χ0n) is 16.8. The Bertz CT molecular complexity index is 1250. The molecule has 1 aliphatic rings. The Labute approximate surface area is 187 Å². The molecular weight excluding hydrogens is 435 g/mol. The molecule has 3 nitrogen and oxygen atoms in total. The lowest BCUT2D eigenvalue weighted by atomic mass is 9.62. The standard InChI is InChI=1S/C25H17ClF3N3/c26-18-7-5-17(6-8-18)25(13-21(29)14-25)24-30-22(15-1-9-19(27)10-2-15)23(31-32-24)16-3-11-20(28)12-4-16/h1-12,21H,13-14H2. The van der Waals surface area contributed by atoms with Crippen molar-refractivity contribution in [2.24, 2.45) is 0 Å². The molecule has 3 aromatic carbocycles. The van der Waals surface area contributed by atoms with Gasteiger partial charge in [-0.2, -0.15) is 0 Å². The van der Waals surface area contributed by atoms with E-state index in [1.54, 1.807) is 36.4 Å². The fraction of sp³-hybridized carbons (Fsp3) is 0.160. The highest BCUT2D eigenvalue weighted by molar-refractivity contribution is 6.30. The Morgan fingerprint density at radius 1 is 0.719 bits per heavy atom. The van der Waals surface area contributed by atoms with Gasteiger partial charge >= 0.3 is 0 Å². The molecule has 1 saturated carbocycles. The van der Waals surface area contributed by atoms with Crippen molar-refractivity contribution < 1.29 is 13.2 Å². The van der Waals surface area contributed by atoms with E-state index in [1.165, 1.54) is 24.3 Å². The summed E-state index contributed by atoms with van der Waals surface area (Å²) < 4.78 is 41.1. The monoisotopic (exact) mass is 451 g/mol. The molecule has 1 heterocycles. The van der Waals surface area contributed by atoms with Crippen LogP contribution in [0.5, 0.6) is 0 Å². The van der Waals surface area contributed by atoms with E-state index in [4.69, 9.17) is 16.6 Å². The molecule has 0 saturated heterocycles. The lowest BCUT2D eigenvalue weighted by molar-refractivity contribution is 0.116. The minimum Gasteiger partial charge on any atom is -0.247 e. The van der Waals surface area contributed by atoms with Gasteiger partial charge in [0, 0.05) is 16.1 Å². The lowest BCUT2D eigenvalue weighted by Gasteiger charge is -2.43. The maximum atomic E-state index is 14.1. The van der Waals surface area contributed by atoms with Crippen LogP contribution in [0.15, 0.2) is 72.8 Å². The Balaban J connectivity index is 1.68. The molecule has 0 bridgehead atoms. The number of aromatic nitrogens is 3. The summed E-state index contributed by atoms with van der Waals surface area (Å²) >= 11 is 6.04. The molecule has 1 aromatic heterocycles. The zero-order chi connectivity index (χ0) is 22.3. The van der Waals surface area contributed by atoms with Crippen LogP contribution in [-0.4, -0.2) is 21.4 Å². The SMILES string of the molecule is Fc1ccc(-c2nnc(C3(c4ccc(Cl)cc4)CC(F)C3)nc2-c2ccc(F)cc2)cc1. The van der Waals surface area contributed by atoms with E-state index in [0.29, 0.717) is 33.4 Å². The minimum atomic E-state index is -0.972. The number of alkyl halides is 1. The first-order chi connectivity index (χ1) is 15.4. The first-order valence-corrected chi connectivity index (χ1v) is 10.5. The molecule has 0 spiro atoms. The third kappa shape index (κ3) is 3.65. The fourth-order valence-corrected chi connectivity index (χ4v) is 4.28. The van der Waals surface area contributed by atoms with E-state index in [0.717, 1.165) is 5.56 Å². The van der Waals surface area contributed by atoms with Crippen molar-refractivity contribution in [3.63, 3.8) is 0 Å². The van der Waals surface area contributed by atoms with E-state index in [2.05, 4.69) is 10.2 Å². The highest BCUT2D eigenvalue weighted by atomic mass is 35.5. The summed E-state index contributed by atoms with van der Waals surface area (Å²) in [7, 11) is 0. The van der Waals surface area contributed by atoms with Gasteiger partial charge in [0.15, 0.2) is 5.82 Å². The Kier molecular flexibility index (Phi) is 5.18. The van der Waals surface area contributed by atoms with Gasteiger partial charge in [-0.15, -0.1) is 10.2 Å². The molecule has 160 valence electrons. The number of halogens is 4. The predicted octanol–water partition coefficient (Wildman–Crippen LogP) is 6.56. The van der Waals surface area contributed by atoms with Gasteiger partial charge in [-0.05, 0) is 79.1 Å². The smallest absolute Gasteiger partial charge is 0.162 e. The number of hydrogen-bond acceptors (Lipinski definition) is 3. The quantitative estimate of drug-likeness (QED) is 0.353. The van der Waals surface area contributed by atoms with Crippen LogP contribution >= 0.6 is 11.6 Å². The van der Waals surface area contributed by atoms with Gasteiger partial charge < -0.3 is 0 Å². The minimum absolute atomic E-state index is 0.231. The van der Waals surface area contributed by atoms with Gasteiger partial charge in [0.2, 0.25) is 0 Å². The summed E-state index contributed by atoms with van der Waals surface area (Å²) in [6.45, 7) is 0. The van der Waals surface area contributed by atoms with Crippen molar-refractivity contribution in [2.75, 3.05) is 0 Å². The number of rotatable bonds is 4. The number of nitrogens with zero attached hydrogens (tertiary/aromatic N) is 3. The van der Waals surface area contributed by atoms with Crippen molar-refractivity contribution in [2.45, 2.75) is 24.4 Å². The largest absolute Gasteiger partial charge is 0.247 e. The summed E-state index contributed by atoms with van der Waals surface area (Å²) in [4.78, 5) is 4.81. The van der Waals surface area contributed by atoms with E-state index in [1.807, 2.05) is 12.1 Å². The Hall–Kier alpha value is -3.25. The van der Waals surface area contributed by atoms with Crippen molar-refractivity contribution >= 4 is 11.6 Å². The van der Waals surface area contributed by atoms with Crippen LogP contribution in [-0.2, 0) is 5.41 Å². The topological polar surface area (TPSA) is 38.7 Å². The van der Waals surface area contributed by atoms with Crippen LogP contribution in [0, 0.1) is 11.6 Å². The third-order valence-electron chi connectivity index (χ3n) is 5.89. The van der Waals surface area contributed by atoms with Crippen LogP contribution in [0.25, 0.3) is 22.5 Å². The van der Waals surface area contributed by atoms with Crippen molar-refractivity contribution in [1.82, 2.24) is 15.2 Å². The molecule has 1 aliphatic carbocycles. The summed E-state index contributed by atoms with van der Waals surface area (Å²) in [5.41, 5.74) is 2.28. The maximum absolute atomic E-state index is 14.1. The van der Waals surface area contributed by atoms with Crippen molar-refractivity contribution in [3.05, 3.63) is 101 Å². The molecule has 0 aliphatic heterocycles. The Morgan fingerprint density at radius 3 is 1.78 bits per heavy atom. The second-order valence-corrected chi connectivity index (χ2v) is 8.38. The Morgan fingerprint density at radius 2 is 1.25 bits per heavy atom. The average molecular weight is 452 g/mol. The fourth-order valence-electron chi connectivity index (χ4n) is 4.15. The van der Waals surface area contributed by atoms with Crippen LogP contribution in [0.4, 0.5) is 13.2 Å². The lowest BCUT2D eigenvalue weighted by Crippen LogP contribution is -2.45. The molecule has 1 fully saturated rings. The summed E-state index contributed by atoms with van der Waals surface area (Å²) in [5, 5.41) is 9.38. The molecule has 0 N–H and O–H groups in total. The summed E-state index contributed by atoms with van der Waals surface area (Å²) in [5.74, 6) is -0.366. The average Bonchev–Trinajstić information content (AvgIpc) is 2.78. The highest BCUT2D eigenvalue weighted by Crippen LogP contribution is 2.49. The van der Waals surface area contributed by atoms with E-state index in [-0.39, 0.29) is 24.5 Å². The summed E-state index contributed by atoms with van der Waals surface area (Å²) in [6, 6.07) is 18.9. The van der Waals surface area contributed by atoms with Gasteiger partial charge in [0.1, 0.15) is 29.2 Å². The van der Waals surface area contributed by atoms with Crippen LogP contribution in [0.2, 0.25) is 5.02 Å². The van der Waals surface area contributed by atoms with Crippen LogP contribution in [0.3, 0.4) is 0 Å². The van der Waals surface area contributed by atoms with E-state index < -0.39 is 11.6 Å². The first kappa shape index (κ1) is 20.6. The van der Waals surface area contributed by atoms with E-state index in [9.17, 15) is 13.2 Å². The van der Waals surface area contributed by atoms with Gasteiger partial charge in [-0.25, -0.2) is 18.2 Å². The van der Waals surface area contributed by atoms with Gasteiger partial charge in [-0.3, -0.25) is 0 Å². The number of hydrogen-bond donors (Lipinski definition) is 0. The highest BCUT2D eigenvalue weighted by Gasteiger charge is 2.50. The molecule has 32 heavy (non-hydrogen) atoms. The normalized spacial score (nSPS) is 20.1. The maximum Gasteiger partial charge on any atom is 0.162 e. The molecule has 0 atom stereocenters. The predicted molar refractivity (Wildman–Crippen MR) is 117 cm³/mol. The zero-order valence-corrected chi connectivity index (χ0v) is 17.5. The molecule has 4 aromatic rings. The van der Waals surface area contributed by atoms with E-state index >= 15 is 0 Å². The van der Waals surface area contributed by atoms with Crippen LogP contribution < -0.4 is 0 Å². The molecule has 5 rings (SSSR count). The van der Waals surface area contributed by atoms with Gasteiger partial charge in [0.25, 0.3) is 0 Å². The molecule has 0 radical (unpaired) electrons. The molecule has 0 amide bonds. The first-order valence-electron chi connectivity index (χ1n) is 10.1. The van der Waals surface area contributed by atoms with Gasteiger partial charge in [-0.1, -0.05) is 23.7 Å². The summed E-state index contributed by atoms with van der Waals surface area (Å²) in [6.07, 6.45) is -0.509. The molecular formula is C25H17ClF3N3. The molecule has 0 unspecified atom stereocenters. The van der Waals surface area contributed by atoms with Crippen molar-refractivity contribution in [1.29, 1.82) is 0 Å². The number of benzene rings is 3.